The van der Waals surface area contributed by atoms with Crippen LogP contribution in [-0.4, -0.2) is 44.1 Å². The summed E-state index contributed by atoms with van der Waals surface area (Å²) in [6.45, 7) is 7.31. The number of fused-ring (bicyclic) bond motifs is 1. The summed E-state index contributed by atoms with van der Waals surface area (Å²) in [7, 11) is 0. The van der Waals surface area contributed by atoms with E-state index in [9.17, 15) is 9.59 Å². The summed E-state index contributed by atoms with van der Waals surface area (Å²) < 4.78 is 1.80. The Kier molecular flexibility index (Phi) is 4.33. The quantitative estimate of drug-likeness (QED) is 0.923. The highest BCUT2D eigenvalue weighted by Gasteiger charge is 2.25. The van der Waals surface area contributed by atoms with Crippen LogP contribution in [0.3, 0.4) is 0 Å². The molecule has 0 unspecified atom stereocenters. The molecule has 0 spiro atoms. The second kappa shape index (κ2) is 6.43. The number of carbonyl (C=O) groups excluding carboxylic acids is 2. The van der Waals surface area contributed by atoms with Gasteiger partial charge in [0.25, 0.3) is 11.8 Å². The molecule has 1 N–H and O–H groups in total. The summed E-state index contributed by atoms with van der Waals surface area (Å²) in [5, 5.41) is 7.17. The Bertz CT molecular complexity index is 781. The third kappa shape index (κ3) is 3.29. The molecule has 0 atom stereocenters. The van der Waals surface area contributed by atoms with E-state index in [2.05, 4.69) is 15.4 Å². The number of hydrogen-bond donors (Lipinski definition) is 1. The Morgan fingerprint density at radius 1 is 1.21 bits per heavy atom. The van der Waals surface area contributed by atoms with Gasteiger partial charge in [-0.15, -0.1) is 0 Å². The van der Waals surface area contributed by atoms with Crippen molar-refractivity contribution in [3.63, 3.8) is 0 Å². The number of aromatic nitrogens is 3. The zero-order valence-corrected chi connectivity index (χ0v) is 14.1. The Morgan fingerprint density at radius 3 is 2.71 bits per heavy atom. The molecular formula is C17H21N5O2. The molecule has 0 fully saturated rings. The van der Waals surface area contributed by atoms with Crippen molar-refractivity contribution < 1.29 is 9.59 Å². The van der Waals surface area contributed by atoms with Crippen molar-refractivity contribution in [2.45, 2.75) is 39.9 Å². The van der Waals surface area contributed by atoms with Gasteiger partial charge in [0.05, 0.1) is 24.3 Å². The normalized spacial score (nSPS) is 13.8. The summed E-state index contributed by atoms with van der Waals surface area (Å²) in [6, 6.07) is 3.65. The number of hydrogen-bond acceptors (Lipinski definition) is 4. The van der Waals surface area contributed by atoms with Crippen LogP contribution in [0.5, 0.6) is 0 Å². The molecule has 1 aliphatic rings. The summed E-state index contributed by atoms with van der Waals surface area (Å²) in [6.07, 6.45) is 3.31. The first-order valence-corrected chi connectivity index (χ1v) is 8.02. The molecule has 7 nitrogen and oxygen atoms in total. The molecule has 0 saturated carbocycles. The number of pyridine rings is 1. The maximum Gasteiger partial charge on any atom is 0.271 e. The van der Waals surface area contributed by atoms with Crippen LogP contribution in [0.4, 0.5) is 0 Å². The SMILES string of the molecule is Cc1cncc(C(=O)N2CCn3nc(C(=O)NC(C)C)cc3C2)c1. The van der Waals surface area contributed by atoms with Gasteiger partial charge in [-0.05, 0) is 38.5 Å². The van der Waals surface area contributed by atoms with Crippen LogP contribution in [0.2, 0.25) is 0 Å². The van der Waals surface area contributed by atoms with Gasteiger partial charge < -0.3 is 10.2 Å². The van der Waals surface area contributed by atoms with E-state index < -0.39 is 0 Å². The first kappa shape index (κ1) is 16.2. The molecule has 0 aromatic carbocycles. The van der Waals surface area contributed by atoms with Crippen molar-refractivity contribution in [1.82, 2.24) is 25.0 Å². The lowest BCUT2D eigenvalue weighted by atomic mass is 10.2. The lowest BCUT2D eigenvalue weighted by Crippen LogP contribution is -2.38. The average Bonchev–Trinajstić information content (AvgIpc) is 2.96. The molecule has 3 heterocycles. The third-order valence-corrected chi connectivity index (χ3v) is 3.86. The van der Waals surface area contributed by atoms with Gasteiger partial charge in [-0.25, -0.2) is 0 Å². The van der Waals surface area contributed by atoms with Gasteiger partial charge in [0.2, 0.25) is 0 Å². The van der Waals surface area contributed by atoms with Crippen LogP contribution in [0.1, 0.15) is 46.0 Å². The number of rotatable bonds is 3. The zero-order valence-electron chi connectivity index (χ0n) is 14.1. The van der Waals surface area contributed by atoms with Gasteiger partial charge in [-0.3, -0.25) is 19.3 Å². The Hall–Kier alpha value is -2.70. The van der Waals surface area contributed by atoms with E-state index in [0.29, 0.717) is 30.9 Å². The first-order chi connectivity index (χ1) is 11.4. The van der Waals surface area contributed by atoms with Crippen LogP contribution in [-0.2, 0) is 13.1 Å². The molecule has 3 rings (SSSR count). The van der Waals surface area contributed by atoms with Crippen molar-refractivity contribution in [1.29, 1.82) is 0 Å². The number of amides is 2. The Balaban J connectivity index is 1.76. The van der Waals surface area contributed by atoms with Crippen LogP contribution in [0.25, 0.3) is 0 Å². The standard InChI is InChI=1S/C17H21N5O2/c1-11(2)19-16(23)15-7-14-10-21(4-5-22(14)20-15)17(24)13-6-12(3)8-18-9-13/h6-9,11H,4-5,10H2,1-3H3,(H,19,23). The largest absolute Gasteiger partial charge is 0.348 e. The first-order valence-electron chi connectivity index (χ1n) is 8.02. The van der Waals surface area contributed by atoms with Crippen LogP contribution in [0, 0.1) is 6.92 Å². The number of nitrogens with one attached hydrogen (secondary N) is 1. The minimum Gasteiger partial charge on any atom is -0.348 e. The topological polar surface area (TPSA) is 80.1 Å². The van der Waals surface area contributed by atoms with Gasteiger partial charge in [-0.1, -0.05) is 0 Å². The molecule has 0 radical (unpaired) electrons. The average molecular weight is 327 g/mol. The van der Waals surface area contributed by atoms with Gasteiger partial charge in [0.15, 0.2) is 5.69 Å². The second-order valence-corrected chi connectivity index (χ2v) is 6.35. The fourth-order valence-corrected chi connectivity index (χ4v) is 2.74. The van der Waals surface area contributed by atoms with Gasteiger partial charge in [0, 0.05) is 25.0 Å². The minimum absolute atomic E-state index is 0.0492. The molecule has 0 saturated heterocycles. The van der Waals surface area contributed by atoms with E-state index in [4.69, 9.17) is 0 Å². The monoisotopic (exact) mass is 327 g/mol. The molecule has 0 bridgehead atoms. The third-order valence-electron chi connectivity index (χ3n) is 3.86. The summed E-state index contributed by atoms with van der Waals surface area (Å²) in [5.41, 5.74) is 2.80. The predicted octanol–water partition coefficient (Wildman–Crippen LogP) is 1.38. The molecule has 2 aromatic heterocycles. The summed E-state index contributed by atoms with van der Waals surface area (Å²) in [5.74, 6) is -0.237. The lowest BCUT2D eigenvalue weighted by Gasteiger charge is -2.27. The molecule has 24 heavy (non-hydrogen) atoms. The Labute approximate surface area is 140 Å². The van der Waals surface area contributed by atoms with Crippen molar-refractivity contribution in [3.8, 4) is 0 Å². The minimum atomic E-state index is -0.187. The summed E-state index contributed by atoms with van der Waals surface area (Å²) in [4.78, 5) is 30.5. The van der Waals surface area contributed by atoms with E-state index in [1.54, 1.807) is 28.0 Å². The van der Waals surface area contributed by atoms with Crippen molar-refractivity contribution in [3.05, 3.63) is 47.0 Å². The molecular weight excluding hydrogens is 306 g/mol. The smallest absolute Gasteiger partial charge is 0.271 e. The molecule has 2 amide bonds. The van der Waals surface area contributed by atoms with Crippen LogP contribution in [0.15, 0.2) is 24.5 Å². The van der Waals surface area contributed by atoms with Crippen LogP contribution >= 0.6 is 0 Å². The summed E-state index contributed by atoms with van der Waals surface area (Å²) >= 11 is 0. The maximum atomic E-state index is 12.6. The van der Waals surface area contributed by atoms with E-state index in [1.165, 1.54) is 0 Å². The van der Waals surface area contributed by atoms with Gasteiger partial charge >= 0.3 is 0 Å². The zero-order chi connectivity index (χ0) is 17.3. The number of aryl methyl sites for hydroxylation is 1. The van der Waals surface area contributed by atoms with E-state index in [0.717, 1.165) is 11.3 Å². The van der Waals surface area contributed by atoms with Crippen molar-refractivity contribution >= 4 is 11.8 Å². The Morgan fingerprint density at radius 2 is 2.00 bits per heavy atom. The van der Waals surface area contributed by atoms with Gasteiger partial charge in [-0.2, -0.15) is 5.10 Å². The highest BCUT2D eigenvalue weighted by molar-refractivity contribution is 5.94. The highest BCUT2D eigenvalue weighted by Crippen LogP contribution is 2.16. The predicted molar refractivity (Wildman–Crippen MR) is 88.5 cm³/mol. The lowest BCUT2D eigenvalue weighted by molar-refractivity contribution is 0.0704. The van der Waals surface area contributed by atoms with E-state index in [-0.39, 0.29) is 17.9 Å². The van der Waals surface area contributed by atoms with E-state index in [1.807, 2.05) is 26.8 Å². The van der Waals surface area contributed by atoms with Crippen molar-refractivity contribution in [2.75, 3.05) is 6.54 Å². The van der Waals surface area contributed by atoms with Gasteiger partial charge in [0.1, 0.15) is 0 Å². The molecule has 1 aliphatic heterocycles. The molecule has 2 aromatic rings. The number of nitrogens with zero attached hydrogens (tertiary/aromatic N) is 4. The molecule has 0 aliphatic carbocycles. The van der Waals surface area contributed by atoms with Crippen LogP contribution < -0.4 is 5.32 Å². The molecule has 7 heteroatoms. The maximum absolute atomic E-state index is 12.6. The molecule has 126 valence electrons. The fraction of sp³-hybridized carbons (Fsp3) is 0.412. The van der Waals surface area contributed by atoms with E-state index >= 15 is 0 Å². The second-order valence-electron chi connectivity index (χ2n) is 6.35. The highest BCUT2D eigenvalue weighted by atomic mass is 16.2. The van der Waals surface area contributed by atoms with Crippen molar-refractivity contribution in [2.24, 2.45) is 0 Å². The fourth-order valence-electron chi connectivity index (χ4n) is 2.74. The number of carbonyl (C=O) groups is 2.